The molecule has 0 aromatic rings. The monoisotopic (exact) mass is 99.1 g/mol. The molecule has 2 unspecified atom stereocenters. The summed E-state index contributed by atoms with van der Waals surface area (Å²) in [5, 5.41) is 0. The van der Waals surface area contributed by atoms with Crippen molar-refractivity contribution in [2.24, 2.45) is 5.92 Å². The first-order valence-electron chi connectivity index (χ1n) is 2.78. The van der Waals surface area contributed by atoms with Crippen molar-refractivity contribution in [2.75, 3.05) is 0 Å². The van der Waals surface area contributed by atoms with Crippen LogP contribution in [-0.4, -0.2) is 6.10 Å². The molecule has 0 spiro atoms. The smallest absolute Gasteiger partial charge is 0.0809 e. The molecule has 0 aromatic heterocycles. The summed E-state index contributed by atoms with van der Waals surface area (Å²) >= 11 is 0. The molecular weight excluding hydrogens is 88.1 g/mol. The number of ether oxygens (including phenoxy) is 1. The van der Waals surface area contributed by atoms with Gasteiger partial charge in [-0.3, -0.25) is 0 Å². The van der Waals surface area contributed by atoms with Gasteiger partial charge in [-0.15, -0.1) is 0 Å². The van der Waals surface area contributed by atoms with E-state index < -0.39 is 0 Å². The third-order valence-electron chi connectivity index (χ3n) is 1.35. The van der Waals surface area contributed by atoms with Crippen LogP contribution in [0.15, 0.2) is 0 Å². The van der Waals surface area contributed by atoms with Gasteiger partial charge in [0.1, 0.15) is 0 Å². The van der Waals surface area contributed by atoms with E-state index in [4.69, 9.17) is 4.74 Å². The van der Waals surface area contributed by atoms with Gasteiger partial charge in [0.2, 0.25) is 0 Å². The average molecular weight is 99.2 g/mol. The van der Waals surface area contributed by atoms with Gasteiger partial charge in [-0.1, -0.05) is 6.92 Å². The lowest BCUT2D eigenvalue weighted by Crippen LogP contribution is -1.88. The molecule has 7 heavy (non-hydrogen) atoms. The van der Waals surface area contributed by atoms with E-state index in [1.165, 1.54) is 6.42 Å². The topological polar surface area (TPSA) is 9.23 Å². The van der Waals surface area contributed by atoms with Crippen molar-refractivity contribution < 1.29 is 4.74 Å². The summed E-state index contributed by atoms with van der Waals surface area (Å²) in [6, 6.07) is 0. The van der Waals surface area contributed by atoms with Crippen molar-refractivity contribution in [2.45, 2.75) is 26.4 Å². The minimum Gasteiger partial charge on any atom is -0.372 e. The maximum absolute atomic E-state index is 5.14. The molecular formula is C6H11O. The Kier molecular flexibility index (Phi) is 1.33. The Morgan fingerprint density at radius 1 is 1.71 bits per heavy atom. The SMILES string of the molecule is C[CH]OC1CC1C. The lowest BCUT2D eigenvalue weighted by molar-refractivity contribution is 0.178. The van der Waals surface area contributed by atoms with Gasteiger partial charge in [-0.2, -0.15) is 0 Å². The van der Waals surface area contributed by atoms with Crippen molar-refractivity contribution in [3.8, 4) is 0 Å². The van der Waals surface area contributed by atoms with Gasteiger partial charge in [0.15, 0.2) is 0 Å². The summed E-state index contributed by atoms with van der Waals surface area (Å²) < 4.78 is 5.14. The molecule has 1 heteroatoms. The first kappa shape index (κ1) is 5.10. The molecule has 2 atom stereocenters. The summed E-state index contributed by atoms with van der Waals surface area (Å²) in [6.07, 6.45) is 1.81. The highest BCUT2D eigenvalue weighted by Gasteiger charge is 2.32. The van der Waals surface area contributed by atoms with Gasteiger partial charge in [0, 0.05) is 0 Å². The van der Waals surface area contributed by atoms with Crippen LogP contribution in [0, 0.1) is 12.5 Å². The Bertz CT molecular complexity index is 61.2. The van der Waals surface area contributed by atoms with Crippen LogP contribution in [0.2, 0.25) is 0 Å². The van der Waals surface area contributed by atoms with Crippen LogP contribution >= 0.6 is 0 Å². The summed E-state index contributed by atoms with van der Waals surface area (Å²) in [5.41, 5.74) is 0. The van der Waals surface area contributed by atoms with Gasteiger partial charge >= 0.3 is 0 Å². The summed E-state index contributed by atoms with van der Waals surface area (Å²) in [7, 11) is 0. The summed E-state index contributed by atoms with van der Waals surface area (Å²) in [5.74, 6) is 0.816. The zero-order valence-electron chi connectivity index (χ0n) is 4.85. The molecule has 1 fully saturated rings. The van der Waals surface area contributed by atoms with Crippen molar-refractivity contribution in [3.05, 3.63) is 6.61 Å². The van der Waals surface area contributed by atoms with E-state index in [0.717, 1.165) is 5.92 Å². The van der Waals surface area contributed by atoms with Crippen LogP contribution in [0.1, 0.15) is 20.3 Å². The Labute approximate surface area is 44.7 Å². The fourth-order valence-corrected chi connectivity index (χ4v) is 0.652. The quantitative estimate of drug-likeness (QED) is 0.511. The molecule has 1 aliphatic carbocycles. The summed E-state index contributed by atoms with van der Waals surface area (Å²) in [4.78, 5) is 0. The zero-order chi connectivity index (χ0) is 5.28. The van der Waals surface area contributed by atoms with Gasteiger partial charge in [-0.05, 0) is 19.3 Å². The third kappa shape index (κ3) is 1.16. The summed E-state index contributed by atoms with van der Waals surface area (Å²) in [6.45, 7) is 5.90. The average Bonchev–Trinajstić information content (AvgIpc) is 2.22. The first-order valence-corrected chi connectivity index (χ1v) is 2.78. The van der Waals surface area contributed by atoms with Gasteiger partial charge in [0.05, 0.1) is 12.7 Å². The van der Waals surface area contributed by atoms with Gasteiger partial charge < -0.3 is 4.74 Å². The molecule has 1 radical (unpaired) electrons. The maximum atomic E-state index is 5.14. The number of hydrogen-bond donors (Lipinski definition) is 0. The van der Waals surface area contributed by atoms with E-state index in [0.29, 0.717) is 6.10 Å². The van der Waals surface area contributed by atoms with Gasteiger partial charge in [-0.25, -0.2) is 0 Å². The van der Waals surface area contributed by atoms with Crippen LogP contribution in [0.4, 0.5) is 0 Å². The highest BCUT2D eigenvalue weighted by molar-refractivity contribution is 4.83. The molecule has 1 nitrogen and oxygen atoms in total. The van der Waals surface area contributed by atoms with E-state index in [1.54, 1.807) is 6.61 Å². The van der Waals surface area contributed by atoms with Crippen LogP contribution in [-0.2, 0) is 4.74 Å². The molecule has 0 bridgehead atoms. The largest absolute Gasteiger partial charge is 0.372 e. The van der Waals surface area contributed by atoms with Crippen LogP contribution in [0.25, 0.3) is 0 Å². The number of hydrogen-bond acceptors (Lipinski definition) is 1. The normalized spacial score (nSPS) is 38.6. The molecule has 0 aliphatic heterocycles. The van der Waals surface area contributed by atoms with Gasteiger partial charge in [0.25, 0.3) is 0 Å². The Morgan fingerprint density at radius 3 is 2.43 bits per heavy atom. The van der Waals surface area contributed by atoms with Crippen LogP contribution in [0.5, 0.6) is 0 Å². The molecule has 0 N–H and O–H groups in total. The predicted molar refractivity (Wildman–Crippen MR) is 28.6 cm³/mol. The van der Waals surface area contributed by atoms with E-state index >= 15 is 0 Å². The van der Waals surface area contributed by atoms with Crippen molar-refractivity contribution >= 4 is 0 Å². The van der Waals surface area contributed by atoms with E-state index in [2.05, 4.69) is 6.92 Å². The highest BCUT2D eigenvalue weighted by Crippen LogP contribution is 2.32. The predicted octanol–water partition coefficient (Wildman–Crippen LogP) is 1.59. The minimum absolute atomic E-state index is 0.560. The molecule has 1 saturated carbocycles. The Hall–Kier alpha value is -0.0400. The van der Waals surface area contributed by atoms with E-state index in [1.807, 2.05) is 6.92 Å². The lowest BCUT2D eigenvalue weighted by Gasteiger charge is -1.91. The molecule has 0 heterocycles. The molecule has 0 aromatic carbocycles. The molecule has 0 saturated heterocycles. The Balaban J connectivity index is 1.98. The second kappa shape index (κ2) is 1.83. The van der Waals surface area contributed by atoms with Crippen molar-refractivity contribution in [1.82, 2.24) is 0 Å². The highest BCUT2D eigenvalue weighted by atomic mass is 16.5. The second-order valence-electron chi connectivity index (χ2n) is 2.12. The van der Waals surface area contributed by atoms with Crippen LogP contribution in [0.3, 0.4) is 0 Å². The molecule has 0 amide bonds. The van der Waals surface area contributed by atoms with E-state index in [9.17, 15) is 0 Å². The standard InChI is InChI=1S/C6H11O/c1-3-7-6-4-5(6)2/h3,5-6H,4H2,1-2H3. The second-order valence-corrected chi connectivity index (χ2v) is 2.12. The van der Waals surface area contributed by atoms with E-state index in [-0.39, 0.29) is 0 Å². The molecule has 1 rings (SSSR count). The minimum atomic E-state index is 0.560. The van der Waals surface area contributed by atoms with Crippen LogP contribution < -0.4 is 0 Å². The maximum Gasteiger partial charge on any atom is 0.0809 e. The fraction of sp³-hybridized carbons (Fsp3) is 0.833. The first-order chi connectivity index (χ1) is 3.34. The fourth-order valence-electron chi connectivity index (χ4n) is 0.652. The van der Waals surface area contributed by atoms with Crippen molar-refractivity contribution in [1.29, 1.82) is 0 Å². The van der Waals surface area contributed by atoms with Crippen molar-refractivity contribution in [3.63, 3.8) is 0 Å². The number of rotatable bonds is 2. The third-order valence-corrected chi connectivity index (χ3v) is 1.35. The zero-order valence-corrected chi connectivity index (χ0v) is 4.85. The molecule has 1 aliphatic rings. The molecule has 41 valence electrons. The lowest BCUT2D eigenvalue weighted by atomic mass is 10.5. The Morgan fingerprint density at radius 2 is 2.29 bits per heavy atom.